The number of hydrogen-bond donors (Lipinski definition) is 1. The highest BCUT2D eigenvalue weighted by molar-refractivity contribution is 4.92. The van der Waals surface area contributed by atoms with Crippen LogP contribution in [0.3, 0.4) is 0 Å². The summed E-state index contributed by atoms with van der Waals surface area (Å²) in [6.07, 6.45) is 7.38. The Hall–Kier alpha value is -0.0800. The van der Waals surface area contributed by atoms with Crippen molar-refractivity contribution in [2.45, 2.75) is 63.6 Å². The molecule has 1 saturated carbocycles. The van der Waals surface area contributed by atoms with E-state index in [0.717, 1.165) is 32.1 Å². The molecular weight excluding hydrogens is 164 g/mol. The van der Waals surface area contributed by atoms with Crippen molar-refractivity contribution in [3.63, 3.8) is 0 Å². The molecular formula is C11H22O2. The number of ether oxygens (including phenoxy) is 1. The van der Waals surface area contributed by atoms with E-state index in [4.69, 9.17) is 4.74 Å². The third-order valence-corrected chi connectivity index (χ3v) is 3.29. The van der Waals surface area contributed by atoms with Crippen molar-refractivity contribution in [1.82, 2.24) is 0 Å². The normalized spacial score (nSPS) is 23.3. The zero-order valence-corrected chi connectivity index (χ0v) is 8.88. The Morgan fingerprint density at radius 1 is 1.38 bits per heavy atom. The molecule has 1 unspecified atom stereocenters. The summed E-state index contributed by atoms with van der Waals surface area (Å²) in [4.78, 5) is 0. The van der Waals surface area contributed by atoms with Gasteiger partial charge >= 0.3 is 0 Å². The highest BCUT2D eigenvalue weighted by Gasteiger charge is 2.40. The molecule has 2 heteroatoms. The topological polar surface area (TPSA) is 29.5 Å². The van der Waals surface area contributed by atoms with Gasteiger partial charge in [0.05, 0.1) is 11.7 Å². The Kier molecular flexibility index (Phi) is 4.20. The van der Waals surface area contributed by atoms with Crippen LogP contribution < -0.4 is 0 Å². The maximum atomic E-state index is 10.0. The lowest BCUT2D eigenvalue weighted by Crippen LogP contribution is -2.41. The van der Waals surface area contributed by atoms with Crippen LogP contribution in [0.1, 0.15) is 51.9 Å². The number of rotatable bonds is 5. The van der Waals surface area contributed by atoms with Gasteiger partial charge in [0.1, 0.15) is 0 Å². The molecule has 0 aromatic carbocycles. The van der Waals surface area contributed by atoms with Gasteiger partial charge in [-0.25, -0.2) is 0 Å². The van der Waals surface area contributed by atoms with Gasteiger partial charge in [0, 0.05) is 7.11 Å². The molecule has 1 N–H and O–H groups in total. The van der Waals surface area contributed by atoms with E-state index in [0.29, 0.717) is 0 Å². The maximum absolute atomic E-state index is 10.0. The summed E-state index contributed by atoms with van der Waals surface area (Å²) < 4.78 is 5.51. The fourth-order valence-corrected chi connectivity index (χ4v) is 2.31. The molecule has 78 valence electrons. The predicted octanol–water partition coefficient (Wildman–Crippen LogP) is 2.50. The molecule has 0 heterocycles. The van der Waals surface area contributed by atoms with Gasteiger partial charge in [-0.3, -0.25) is 0 Å². The quantitative estimate of drug-likeness (QED) is 0.715. The van der Waals surface area contributed by atoms with Crippen LogP contribution in [0, 0.1) is 0 Å². The molecule has 1 aliphatic rings. The number of aliphatic hydroxyl groups excluding tert-OH is 1. The highest BCUT2D eigenvalue weighted by atomic mass is 16.5. The van der Waals surface area contributed by atoms with Gasteiger partial charge in [-0.1, -0.05) is 32.6 Å². The molecule has 0 spiro atoms. The second-order valence-corrected chi connectivity index (χ2v) is 4.13. The Morgan fingerprint density at radius 2 is 2.00 bits per heavy atom. The molecule has 0 aromatic rings. The Bertz CT molecular complexity index is 139. The van der Waals surface area contributed by atoms with Crippen LogP contribution in [-0.4, -0.2) is 23.9 Å². The van der Waals surface area contributed by atoms with Crippen LogP contribution in [0.5, 0.6) is 0 Å². The molecule has 1 rings (SSSR count). The van der Waals surface area contributed by atoms with Crippen molar-refractivity contribution in [3.8, 4) is 0 Å². The van der Waals surface area contributed by atoms with Crippen LogP contribution in [-0.2, 0) is 4.74 Å². The lowest BCUT2D eigenvalue weighted by atomic mass is 9.91. The minimum absolute atomic E-state index is 0.199. The number of hydrogen-bond acceptors (Lipinski definition) is 2. The lowest BCUT2D eigenvalue weighted by Gasteiger charge is -2.32. The zero-order chi connectivity index (χ0) is 9.73. The van der Waals surface area contributed by atoms with Gasteiger partial charge in [-0.15, -0.1) is 0 Å². The fraction of sp³-hybridized carbons (Fsp3) is 1.00. The second-order valence-electron chi connectivity index (χ2n) is 4.13. The van der Waals surface area contributed by atoms with Gasteiger partial charge in [0.2, 0.25) is 0 Å². The van der Waals surface area contributed by atoms with E-state index in [1.54, 1.807) is 7.11 Å². The van der Waals surface area contributed by atoms with Crippen molar-refractivity contribution in [3.05, 3.63) is 0 Å². The smallest absolute Gasteiger partial charge is 0.0936 e. The largest absolute Gasteiger partial charge is 0.390 e. The van der Waals surface area contributed by atoms with Gasteiger partial charge in [-0.2, -0.15) is 0 Å². The molecule has 1 fully saturated rings. The zero-order valence-electron chi connectivity index (χ0n) is 8.88. The Balaban J connectivity index is 2.44. The molecule has 1 aliphatic carbocycles. The molecule has 1 atom stereocenters. The van der Waals surface area contributed by atoms with Crippen molar-refractivity contribution in [2.75, 3.05) is 7.11 Å². The second kappa shape index (κ2) is 4.97. The van der Waals surface area contributed by atoms with E-state index < -0.39 is 0 Å². The third-order valence-electron chi connectivity index (χ3n) is 3.29. The molecule has 0 aliphatic heterocycles. The third kappa shape index (κ3) is 2.44. The number of aliphatic hydroxyl groups is 1. The Labute approximate surface area is 81.3 Å². The number of methoxy groups -OCH3 is 1. The molecule has 2 nitrogen and oxygen atoms in total. The van der Waals surface area contributed by atoms with Crippen molar-refractivity contribution in [2.24, 2.45) is 0 Å². The summed E-state index contributed by atoms with van der Waals surface area (Å²) in [6.45, 7) is 2.15. The summed E-state index contributed by atoms with van der Waals surface area (Å²) >= 11 is 0. The van der Waals surface area contributed by atoms with Gasteiger partial charge in [0.15, 0.2) is 0 Å². The SMILES string of the molecule is CCCCC(O)C1(OC)CCCC1. The van der Waals surface area contributed by atoms with E-state index in [9.17, 15) is 5.11 Å². The van der Waals surface area contributed by atoms with Crippen molar-refractivity contribution >= 4 is 0 Å². The molecule has 0 aromatic heterocycles. The lowest BCUT2D eigenvalue weighted by molar-refractivity contribution is -0.101. The predicted molar refractivity (Wildman–Crippen MR) is 53.7 cm³/mol. The first kappa shape index (κ1) is 11.0. The van der Waals surface area contributed by atoms with Crippen LogP contribution in [0.25, 0.3) is 0 Å². The standard InChI is InChI=1S/C11H22O2/c1-3-4-7-10(12)11(13-2)8-5-6-9-11/h10,12H,3-9H2,1-2H3. The summed E-state index contributed by atoms with van der Waals surface area (Å²) in [7, 11) is 1.74. The van der Waals surface area contributed by atoms with Gasteiger partial charge in [0.25, 0.3) is 0 Å². The number of unbranched alkanes of at least 4 members (excludes halogenated alkanes) is 1. The van der Waals surface area contributed by atoms with Crippen LogP contribution in [0.2, 0.25) is 0 Å². The summed E-state index contributed by atoms with van der Waals surface area (Å²) in [5.41, 5.74) is -0.199. The van der Waals surface area contributed by atoms with Gasteiger partial charge < -0.3 is 9.84 Å². The van der Waals surface area contributed by atoms with E-state index in [1.807, 2.05) is 0 Å². The highest BCUT2D eigenvalue weighted by Crippen LogP contribution is 2.37. The monoisotopic (exact) mass is 186 g/mol. The summed E-state index contributed by atoms with van der Waals surface area (Å²) in [5, 5.41) is 10.0. The van der Waals surface area contributed by atoms with Crippen LogP contribution in [0.4, 0.5) is 0 Å². The van der Waals surface area contributed by atoms with Crippen molar-refractivity contribution < 1.29 is 9.84 Å². The fourth-order valence-electron chi connectivity index (χ4n) is 2.31. The minimum Gasteiger partial charge on any atom is -0.390 e. The van der Waals surface area contributed by atoms with E-state index in [2.05, 4.69) is 6.92 Å². The molecule has 0 bridgehead atoms. The maximum Gasteiger partial charge on any atom is 0.0936 e. The first-order valence-electron chi connectivity index (χ1n) is 5.48. The van der Waals surface area contributed by atoms with E-state index in [1.165, 1.54) is 12.8 Å². The summed E-state index contributed by atoms with van der Waals surface area (Å²) in [6, 6.07) is 0. The molecule has 0 radical (unpaired) electrons. The van der Waals surface area contributed by atoms with Gasteiger partial charge in [-0.05, 0) is 19.3 Å². The molecule has 0 amide bonds. The Morgan fingerprint density at radius 3 is 2.46 bits per heavy atom. The molecule has 0 saturated heterocycles. The van der Waals surface area contributed by atoms with E-state index in [-0.39, 0.29) is 11.7 Å². The first-order chi connectivity index (χ1) is 6.25. The van der Waals surface area contributed by atoms with E-state index >= 15 is 0 Å². The minimum atomic E-state index is -0.250. The van der Waals surface area contributed by atoms with Crippen molar-refractivity contribution in [1.29, 1.82) is 0 Å². The van der Waals surface area contributed by atoms with Crippen LogP contribution >= 0.6 is 0 Å². The molecule has 13 heavy (non-hydrogen) atoms. The first-order valence-corrected chi connectivity index (χ1v) is 5.48. The average molecular weight is 186 g/mol. The summed E-state index contributed by atoms with van der Waals surface area (Å²) in [5.74, 6) is 0. The van der Waals surface area contributed by atoms with Crippen LogP contribution in [0.15, 0.2) is 0 Å². The average Bonchev–Trinajstić information content (AvgIpc) is 2.63.